The lowest BCUT2D eigenvalue weighted by atomic mass is 10.1. The number of aromatic nitrogens is 1. The minimum absolute atomic E-state index is 0.0925. The molecule has 0 aliphatic heterocycles. The van der Waals surface area contributed by atoms with Crippen LogP contribution in [0.2, 0.25) is 0 Å². The minimum Gasteiger partial charge on any atom is -0.399 e. The maximum Gasteiger partial charge on any atom is 0.253 e. The number of thiazole rings is 1. The summed E-state index contributed by atoms with van der Waals surface area (Å²) in [5, 5.41) is 9.20. The van der Waals surface area contributed by atoms with Gasteiger partial charge in [0.25, 0.3) is 5.91 Å². The van der Waals surface area contributed by atoms with E-state index in [4.69, 9.17) is 5.73 Å². The number of nitrogens with two attached hydrogens (primary N) is 1. The molecule has 0 radical (unpaired) electrons. The Balaban J connectivity index is 2.04. The van der Waals surface area contributed by atoms with Gasteiger partial charge in [-0.2, -0.15) is 0 Å². The standard InChI is InChI=1S/C15H20N4OS/c1-3-17-15(20)12-5-4-11(16)8-13(12)18-7-6-14-19-10(2)9-21-14/h4-5,8-9,18H,3,6-7,16H2,1-2H3,(H,17,20). The molecule has 112 valence electrons. The van der Waals surface area contributed by atoms with E-state index in [0.29, 0.717) is 24.3 Å². The number of nitrogens with one attached hydrogen (secondary N) is 2. The van der Waals surface area contributed by atoms with Gasteiger partial charge in [0.1, 0.15) is 0 Å². The molecule has 1 aromatic heterocycles. The lowest BCUT2D eigenvalue weighted by Gasteiger charge is -2.12. The van der Waals surface area contributed by atoms with E-state index in [1.165, 1.54) is 0 Å². The van der Waals surface area contributed by atoms with Gasteiger partial charge in [-0.15, -0.1) is 11.3 Å². The van der Waals surface area contributed by atoms with Crippen LogP contribution in [0.5, 0.6) is 0 Å². The SMILES string of the molecule is CCNC(=O)c1ccc(N)cc1NCCc1nc(C)cs1. The molecule has 1 aromatic carbocycles. The number of amides is 1. The maximum atomic E-state index is 12.0. The van der Waals surface area contributed by atoms with Crippen LogP contribution in [0.3, 0.4) is 0 Å². The number of rotatable bonds is 6. The Bertz CT molecular complexity index is 624. The highest BCUT2D eigenvalue weighted by Gasteiger charge is 2.10. The molecule has 0 bridgehead atoms. The molecule has 0 aliphatic rings. The van der Waals surface area contributed by atoms with E-state index < -0.39 is 0 Å². The van der Waals surface area contributed by atoms with Crippen molar-refractivity contribution in [1.82, 2.24) is 10.3 Å². The van der Waals surface area contributed by atoms with Gasteiger partial charge in [0, 0.05) is 42.0 Å². The minimum atomic E-state index is -0.0925. The zero-order valence-electron chi connectivity index (χ0n) is 12.3. The summed E-state index contributed by atoms with van der Waals surface area (Å²) in [6.07, 6.45) is 0.822. The van der Waals surface area contributed by atoms with Gasteiger partial charge in [0.2, 0.25) is 0 Å². The van der Waals surface area contributed by atoms with Crippen LogP contribution in [0.15, 0.2) is 23.6 Å². The van der Waals surface area contributed by atoms with Gasteiger partial charge >= 0.3 is 0 Å². The van der Waals surface area contributed by atoms with E-state index in [0.717, 1.165) is 22.8 Å². The maximum absolute atomic E-state index is 12.0. The van der Waals surface area contributed by atoms with Crippen LogP contribution in [0.4, 0.5) is 11.4 Å². The van der Waals surface area contributed by atoms with Crippen LogP contribution >= 0.6 is 11.3 Å². The second-order valence-corrected chi connectivity index (χ2v) is 5.67. The summed E-state index contributed by atoms with van der Waals surface area (Å²) >= 11 is 1.65. The third-order valence-electron chi connectivity index (χ3n) is 2.95. The average Bonchev–Trinajstić information content (AvgIpc) is 2.85. The van der Waals surface area contributed by atoms with Crippen molar-refractivity contribution in [1.29, 1.82) is 0 Å². The smallest absolute Gasteiger partial charge is 0.253 e. The number of benzene rings is 1. The van der Waals surface area contributed by atoms with Crippen molar-refractivity contribution in [2.24, 2.45) is 0 Å². The lowest BCUT2D eigenvalue weighted by molar-refractivity contribution is 0.0956. The Morgan fingerprint density at radius 3 is 2.90 bits per heavy atom. The summed E-state index contributed by atoms with van der Waals surface area (Å²) in [7, 11) is 0. The monoisotopic (exact) mass is 304 g/mol. The molecule has 4 N–H and O–H groups in total. The van der Waals surface area contributed by atoms with Crippen LogP contribution in [0, 0.1) is 6.92 Å². The zero-order valence-corrected chi connectivity index (χ0v) is 13.1. The van der Waals surface area contributed by atoms with Crippen molar-refractivity contribution in [3.63, 3.8) is 0 Å². The summed E-state index contributed by atoms with van der Waals surface area (Å²) in [4.78, 5) is 16.4. The molecule has 0 saturated carbocycles. The molecular formula is C15H20N4OS. The van der Waals surface area contributed by atoms with Gasteiger partial charge in [-0.3, -0.25) is 4.79 Å². The average molecular weight is 304 g/mol. The number of carbonyl (C=O) groups excluding carboxylic acids is 1. The first-order chi connectivity index (χ1) is 10.1. The first kappa shape index (κ1) is 15.3. The van der Waals surface area contributed by atoms with E-state index >= 15 is 0 Å². The molecule has 0 aliphatic carbocycles. The highest BCUT2D eigenvalue weighted by Crippen LogP contribution is 2.19. The Kier molecular flexibility index (Phi) is 5.16. The van der Waals surface area contributed by atoms with Crippen LogP contribution in [0.1, 0.15) is 28.0 Å². The van der Waals surface area contributed by atoms with Crippen molar-refractivity contribution in [3.05, 3.63) is 39.8 Å². The molecule has 1 heterocycles. The lowest BCUT2D eigenvalue weighted by Crippen LogP contribution is -2.24. The van der Waals surface area contributed by atoms with Gasteiger partial charge in [0.05, 0.1) is 10.6 Å². The quantitative estimate of drug-likeness (QED) is 0.716. The Morgan fingerprint density at radius 1 is 1.43 bits per heavy atom. The third kappa shape index (κ3) is 4.19. The van der Waals surface area contributed by atoms with E-state index in [1.54, 1.807) is 29.5 Å². The highest BCUT2D eigenvalue weighted by atomic mass is 32.1. The fourth-order valence-electron chi connectivity index (χ4n) is 1.98. The number of hydrogen-bond acceptors (Lipinski definition) is 5. The topological polar surface area (TPSA) is 80.0 Å². The van der Waals surface area contributed by atoms with Crippen LogP contribution in [-0.4, -0.2) is 24.0 Å². The van der Waals surface area contributed by atoms with Gasteiger partial charge < -0.3 is 16.4 Å². The van der Waals surface area contributed by atoms with E-state index in [-0.39, 0.29) is 5.91 Å². The number of carbonyl (C=O) groups is 1. The summed E-state index contributed by atoms with van der Waals surface area (Å²) in [5.41, 5.74) is 8.86. The Labute approximate surface area is 128 Å². The fourth-order valence-corrected chi connectivity index (χ4v) is 2.76. The van der Waals surface area contributed by atoms with E-state index in [2.05, 4.69) is 15.6 Å². The van der Waals surface area contributed by atoms with Gasteiger partial charge in [0.15, 0.2) is 0 Å². The predicted octanol–water partition coefficient (Wildman–Crippen LogP) is 2.44. The van der Waals surface area contributed by atoms with E-state index in [1.807, 2.05) is 19.2 Å². The van der Waals surface area contributed by atoms with Gasteiger partial charge in [-0.25, -0.2) is 4.98 Å². The molecule has 1 amide bonds. The van der Waals surface area contributed by atoms with Crippen molar-refractivity contribution in [2.45, 2.75) is 20.3 Å². The van der Waals surface area contributed by atoms with Crippen molar-refractivity contribution in [2.75, 3.05) is 24.1 Å². The molecule has 5 nitrogen and oxygen atoms in total. The number of anilines is 2. The van der Waals surface area contributed by atoms with Gasteiger partial charge in [-0.05, 0) is 32.0 Å². The molecule has 2 rings (SSSR count). The number of nitrogens with zero attached hydrogens (tertiary/aromatic N) is 1. The molecule has 0 saturated heterocycles. The number of hydrogen-bond donors (Lipinski definition) is 3. The number of nitrogen functional groups attached to an aromatic ring is 1. The highest BCUT2D eigenvalue weighted by molar-refractivity contribution is 7.09. The number of aryl methyl sites for hydroxylation is 1. The van der Waals surface area contributed by atoms with Crippen LogP contribution in [0.25, 0.3) is 0 Å². The summed E-state index contributed by atoms with van der Waals surface area (Å²) in [5.74, 6) is -0.0925. The second kappa shape index (κ2) is 7.08. The summed E-state index contributed by atoms with van der Waals surface area (Å²) < 4.78 is 0. The first-order valence-electron chi connectivity index (χ1n) is 6.92. The largest absolute Gasteiger partial charge is 0.399 e. The third-order valence-corrected chi connectivity index (χ3v) is 3.97. The molecule has 2 aromatic rings. The summed E-state index contributed by atoms with van der Waals surface area (Å²) in [6.45, 7) is 5.19. The van der Waals surface area contributed by atoms with Crippen LogP contribution in [-0.2, 0) is 6.42 Å². The predicted molar refractivity (Wildman–Crippen MR) is 87.9 cm³/mol. The normalized spacial score (nSPS) is 10.4. The Morgan fingerprint density at radius 2 is 2.24 bits per heavy atom. The van der Waals surface area contributed by atoms with Crippen molar-refractivity contribution in [3.8, 4) is 0 Å². The molecule has 0 unspecified atom stereocenters. The van der Waals surface area contributed by atoms with Crippen LogP contribution < -0.4 is 16.4 Å². The Hall–Kier alpha value is -2.08. The summed E-state index contributed by atoms with van der Waals surface area (Å²) in [6, 6.07) is 5.27. The second-order valence-electron chi connectivity index (χ2n) is 4.72. The molecule has 0 atom stereocenters. The van der Waals surface area contributed by atoms with E-state index in [9.17, 15) is 4.79 Å². The van der Waals surface area contributed by atoms with Crippen molar-refractivity contribution >= 4 is 28.6 Å². The molecule has 21 heavy (non-hydrogen) atoms. The van der Waals surface area contributed by atoms with Crippen molar-refractivity contribution < 1.29 is 4.79 Å². The molecular weight excluding hydrogens is 284 g/mol. The van der Waals surface area contributed by atoms with Gasteiger partial charge in [-0.1, -0.05) is 0 Å². The molecule has 6 heteroatoms. The molecule has 0 fully saturated rings. The molecule has 0 spiro atoms. The first-order valence-corrected chi connectivity index (χ1v) is 7.80. The fraction of sp³-hybridized carbons (Fsp3) is 0.333. The zero-order chi connectivity index (χ0) is 15.2.